The van der Waals surface area contributed by atoms with Gasteiger partial charge in [0.1, 0.15) is 0 Å². The van der Waals surface area contributed by atoms with Crippen LogP contribution in [0.3, 0.4) is 0 Å². The van der Waals surface area contributed by atoms with Crippen LogP contribution in [0.5, 0.6) is 0 Å². The summed E-state index contributed by atoms with van der Waals surface area (Å²) >= 11 is 1.89. The zero-order valence-corrected chi connectivity index (χ0v) is 32.6. The quantitative estimate of drug-likeness (QED) is 0.143. The molecule has 0 atom stereocenters. The van der Waals surface area contributed by atoms with Gasteiger partial charge in [-0.1, -0.05) is 171 Å². The summed E-state index contributed by atoms with van der Waals surface area (Å²) in [6.07, 6.45) is 6.46. The fraction of sp³-hybridized carbons (Fsp3) is 0.0545. The van der Waals surface area contributed by atoms with Gasteiger partial charge in [0.15, 0.2) is 0 Å². The lowest BCUT2D eigenvalue weighted by atomic mass is 9.85. The van der Waals surface area contributed by atoms with Crippen LogP contribution in [0.4, 0.5) is 0 Å². The number of nitrogens with zero attached hydrogens (tertiary/aromatic N) is 1. The van der Waals surface area contributed by atoms with Gasteiger partial charge in [-0.25, -0.2) is 0 Å². The summed E-state index contributed by atoms with van der Waals surface area (Å²) in [6.45, 7) is 2.22. The molecule has 0 unspecified atom stereocenters. The van der Waals surface area contributed by atoms with Crippen molar-refractivity contribution in [1.29, 1.82) is 0 Å². The van der Waals surface area contributed by atoms with Gasteiger partial charge in [-0.15, -0.1) is 11.3 Å². The molecular formula is C55H39NS. The highest BCUT2D eigenvalue weighted by atomic mass is 32.1. The van der Waals surface area contributed by atoms with Gasteiger partial charge in [-0.3, -0.25) is 0 Å². The summed E-state index contributed by atoms with van der Waals surface area (Å²) in [4.78, 5) is 0. The molecule has 0 bridgehead atoms. The zero-order valence-electron chi connectivity index (χ0n) is 31.7. The monoisotopic (exact) mass is 745 g/mol. The number of thiophene rings is 1. The molecule has 0 saturated carbocycles. The number of aromatic nitrogens is 1. The van der Waals surface area contributed by atoms with E-state index >= 15 is 0 Å². The van der Waals surface area contributed by atoms with Crippen molar-refractivity contribution in [3.63, 3.8) is 0 Å². The molecule has 0 aliphatic carbocycles. The fourth-order valence-electron chi connectivity index (χ4n) is 9.27. The third-order valence-corrected chi connectivity index (χ3v) is 13.0. The normalized spacial score (nSPS) is 12.0. The molecule has 9 aromatic carbocycles. The Bertz CT molecular complexity index is 3300. The first-order valence-electron chi connectivity index (χ1n) is 20.0. The third kappa shape index (κ3) is 5.44. The first-order valence-corrected chi connectivity index (χ1v) is 20.8. The maximum Gasteiger partial charge on any atom is 0.0541 e. The van der Waals surface area contributed by atoms with Crippen LogP contribution in [0.1, 0.15) is 30.0 Å². The van der Waals surface area contributed by atoms with Crippen molar-refractivity contribution in [3.05, 3.63) is 205 Å². The van der Waals surface area contributed by atoms with Crippen LogP contribution in [0.15, 0.2) is 188 Å². The standard InChI is InChI=1S/C55H39NS/c1-2-3-20-39-37(34-48-41-21-7-9-25-45(41)54(36-17-5-4-6-18-36)46-26-10-8-22-42(46)48)19-15-30-50(39)56-51-29-13-11-23-43(51)49-35-38(32-33-52(49)56)40-27-16-28-47-44-24-12-14-31-53(44)57-55(40)47/h3-33,35H,2,34H2,1H3/b20-3-. The SMILES string of the molecule is CC/C=C\c1c(Cc2c3ccccc3c(-c3ccccc3)c3ccccc23)cccc1-n1c2ccccc2c2cc(-c3cccc4c3sc3ccccc34)ccc21. The lowest BCUT2D eigenvalue weighted by molar-refractivity contribution is 1.13. The maximum atomic E-state index is 2.50. The van der Waals surface area contributed by atoms with Crippen LogP contribution in [-0.2, 0) is 6.42 Å². The van der Waals surface area contributed by atoms with E-state index in [1.54, 1.807) is 0 Å². The second-order valence-corrected chi connectivity index (χ2v) is 16.1. The lowest BCUT2D eigenvalue weighted by Gasteiger charge is -2.20. The predicted molar refractivity (Wildman–Crippen MR) is 248 cm³/mol. The maximum absolute atomic E-state index is 2.50. The Morgan fingerprint density at radius 2 is 1.12 bits per heavy atom. The molecule has 0 fully saturated rings. The topological polar surface area (TPSA) is 4.93 Å². The summed E-state index contributed by atoms with van der Waals surface area (Å²) in [6, 6.07) is 67.3. The Hall–Kier alpha value is -6.74. The lowest BCUT2D eigenvalue weighted by Crippen LogP contribution is -2.02. The molecule has 2 heterocycles. The van der Waals surface area contributed by atoms with E-state index in [0.29, 0.717) is 0 Å². The van der Waals surface area contributed by atoms with Gasteiger partial charge < -0.3 is 4.57 Å². The molecule has 0 N–H and O–H groups in total. The van der Waals surface area contributed by atoms with Gasteiger partial charge in [0.05, 0.1) is 16.7 Å². The number of hydrogen-bond donors (Lipinski definition) is 0. The summed E-state index contributed by atoms with van der Waals surface area (Å²) in [7, 11) is 0. The average Bonchev–Trinajstić information content (AvgIpc) is 3.82. The van der Waals surface area contributed by atoms with Crippen LogP contribution < -0.4 is 0 Å². The molecule has 11 rings (SSSR count). The molecule has 0 amide bonds. The summed E-state index contributed by atoms with van der Waals surface area (Å²) in [5, 5.41) is 10.4. The smallest absolute Gasteiger partial charge is 0.0541 e. The van der Waals surface area contributed by atoms with Gasteiger partial charge in [-0.2, -0.15) is 0 Å². The van der Waals surface area contributed by atoms with Crippen molar-refractivity contribution in [2.75, 3.05) is 0 Å². The molecule has 0 saturated heterocycles. The number of para-hydroxylation sites is 1. The molecule has 270 valence electrons. The molecule has 1 nitrogen and oxygen atoms in total. The largest absolute Gasteiger partial charge is 0.309 e. The van der Waals surface area contributed by atoms with E-state index in [9.17, 15) is 0 Å². The van der Waals surface area contributed by atoms with Crippen LogP contribution in [0.2, 0.25) is 0 Å². The highest BCUT2D eigenvalue weighted by Gasteiger charge is 2.20. The number of fused-ring (bicyclic) bond motifs is 8. The summed E-state index contributed by atoms with van der Waals surface area (Å²) in [5.41, 5.74) is 12.7. The van der Waals surface area contributed by atoms with Crippen molar-refractivity contribution < 1.29 is 0 Å². The molecule has 2 aromatic heterocycles. The van der Waals surface area contributed by atoms with E-state index in [4.69, 9.17) is 0 Å². The van der Waals surface area contributed by atoms with Crippen molar-refractivity contribution in [3.8, 4) is 27.9 Å². The zero-order chi connectivity index (χ0) is 37.9. The molecule has 57 heavy (non-hydrogen) atoms. The Morgan fingerprint density at radius 1 is 0.491 bits per heavy atom. The van der Waals surface area contributed by atoms with Crippen LogP contribution in [-0.4, -0.2) is 4.57 Å². The number of rotatable bonds is 7. The van der Waals surface area contributed by atoms with Crippen molar-refractivity contribution in [1.82, 2.24) is 4.57 Å². The Morgan fingerprint density at radius 3 is 1.89 bits per heavy atom. The van der Waals surface area contributed by atoms with Crippen LogP contribution in [0.25, 0.3) is 97.5 Å². The van der Waals surface area contributed by atoms with Crippen molar-refractivity contribution in [2.45, 2.75) is 19.8 Å². The van der Waals surface area contributed by atoms with Gasteiger partial charge in [-0.05, 0) is 98.1 Å². The molecule has 11 aromatic rings. The van der Waals surface area contributed by atoms with E-state index in [-0.39, 0.29) is 0 Å². The Balaban J connectivity index is 1.12. The predicted octanol–water partition coefficient (Wildman–Crippen LogP) is 15.8. The first kappa shape index (κ1) is 33.6. The second-order valence-electron chi connectivity index (χ2n) is 15.0. The minimum atomic E-state index is 0.813. The molecular weight excluding hydrogens is 707 g/mol. The van der Waals surface area contributed by atoms with Gasteiger partial charge >= 0.3 is 0 Å². The third-order valence-electron chi connectivity index (χ3n) is 11.8. The molecule has 0 aliphatic rings. The Labute approximate surface area is 336 Å². The highest BCUT2D eigenvalue weighted by molar-refractivity contribution is 7.26. The molecule has 0 radical (unpaired) electrons. The van der Waals surface area contributed by atoms with E-state index in [1.807, 2.05) is 11.3 Å². The summed E-state index contributed by atoms with van der Waals surface area (Å²) < 4.78 is 5.18. The summed E-state index contributed by atoms with van der Waals surface area (Å²) in [5.74, 6) is 0. The van der Waals surface area contributed by atoms with Crippen LogP contribution in [0, 0.1) is 0 Å². The highest BCUT2D eigenvalue weighted by Crippen LogP contribution is 2.44. The minimum absolute atomic E-state index is 0.813. The molecule has 0 aliphatic heterocycles. The van der Waals surface area contributed by atoms with Gasteiger partial charge in [0.2, 0.25) is 0 Å². The second kappa shape index (κ2) is 13.8. The van der Waals surface area contributed by atoms with Crippen molar-refractivity contribution >= 4 is 80.9 Å². The van der Waals surface area contributed by atoms with Crippen LogP contribution >= 0.6 is 11.3 Å². The van der Waals surface area contributed by atoms with E-state index in [2.05, 4.69) is 206 Å². The number of benzene rings is 9. The molecule has 2 heteroatoms. The van der Waals surface area contributed by atoms with Crippen molar-refractivity contribution in [2.24, 2.45) is 0 Å². The van der Waals surface area contributed by atoms with Gasteiger partial charge in [0, 0.05) is 36.5 Å². The van der Waals surface area contributed by atoms with E-state index in [0.717, 1.165) is 12.8 Å². The average molecular weight is 746 g/mol. The fourth-order valence-corrected chi connectivity index (χ4v) is 10.5. The van der Waals surface area contributed by atoms with E-state index < -0.39 is 0 Å². The number of allylic oxidation sites excluding steroid dienone is 1. The molecule has 0 spiro atoms. The Kier molecular flexibility index (Phi) is 8.12. The van der Waals surface area contributed by atoms with Gasteiger partial charge in [0.25, 0.3) is 0 Å². The number of hydrogen-bond acceptors (Lipinski definition) is 1. The minimum Gasteiger partial charge on any atom is -0.309 e. The van der Waals surface area contributed by atoms with E-state index in [1.165, 1.54) is 108 Å². The first-order chi connectivity index (χ1) is 28.3.